The van der Waals surface area contributed by atoms with E-state index >= 15 is 0 Å². The molecule has 1 aromatic rings. The smallest absolute Gasteiger partial charge is 0.0723 e. The molecule has 0 aromatic heterocycles. The summed E-state index contributed by atoms with van der Waals surface area (Å²) in [5.74, 6) is 0.361. The lowest BCUT2D eigenvalue weighted by atomic mass is 9.85. The van der Waals surface area contributed by atoms with Gasteiger partial charge in [-0.2, -0.15) is 0 Å². The summed E-state index contributed by atoms with van der Waals surface area (Å²) in [5, 5.41) is 0. The topological polar surface area (TPSA) is 35.2 Å². The van der Waals surface area contributed by atoms with Gasteiger partial charge in [0.2, 0.25) is 0 Å². The zero-order valence-corrected chi connectivity index (χ0v) is 8.79. The van der Waals surface area contributed by atoms with Crippen LogP contribution >= 0.6 is 0 Å². The molecule has 1 heterocycles. The van der Waals surface area contributed by atoms with E-state index in [1.807, 2.05) is 0 Å². The highest BCUT2D eigenvalue weighted by molar-refractivity contribution is 5.39. The number of benzene rings is 1. The SMILES string of the molecule is Cc1cccc2c1C(CN)C(C)OC2. The quantitative estimate of drug-likeness (QED) is 0.736. The fraction of sp³-hybridized carbons (Fsp3) is 0.500. The molecule has 2 atom stereocenters. The first-order valence-corrected chi connectivity index (χ1v) is 5.14. The van der Waals surface area contributed by atoms with E-state index in [-0.39, 0.29) is 6.10 Å². The van der Waals surface area contributed by atoms with Gasteiger partial charge in [-0.3, -0.25) is 0 Å². The van der Waals surface area contributed by atoms with E-state index in [9.17, 15) is 0 Å². The van der Waals surface area contributed by atoms with Crippen LogP contribution < -0.4 is 5.73 Å². The van der Waals surface area contributed by atoms with Gasteiger partial charge in [-0.05, 0) is 30.5 Å². The van der Waals surface area contributed by atoms with Crippen molar-refractivity contribution in [3.63, 3.8) is 0 Å². The Balaban J connectivity index is 2.49. The standard InChI is InChI=1S/C12H17NO/c1-8-4-3-5-10-7-14-9(2)11(6-13)12(8)10/h3-5,9,11H,6-7,13H2,1-2H3. The highest BCUT2D eigenvalue weighted by atomic mass is 16.5. The third-order valence-corrected chi connectivity index (χ3v) is 3.11. The molecule has 2 rings (SSSR count). The van der Waals surface area contributed by atoms with Gasteiger partial charge in [-0.15, -0.1) is 0 Å². The fourth-order valence-electron chi connectivity index (χ4n) is 2.28. The van der Waals surface area contributed by atoms with Crippen molar-refractivity contribution in [1.29, 1.82) is 0 Å². The first-order valence-electron chi connectivity index (χ1n) is 5.14. The van der Waals surface area contributed by atoms with Crippen molar-refractivity contribution in [3.05, 3.63) is 34.9 Å². The molecule has 2 unspecified atom stereocenters. The summed E-state index contributed by atoms with van der Waals surface area (Å²) >= 11 is 0. The number of rotatable bonds is 1. The Bertz CT molecular complexity index is 335. The maximum absolute atomic E-state index is 5.80. The Morgan fingerprint density at radius 1 is 1.50 bits per heavy atom. The maximum Gasteiger partial charge on any atom is 0.0723 e. The first-order chi connectivity index (χ1) is 6.74. The molecule has 2 heteroatoms. The lowest BCUT2D eigenvalue weighted by Gasteiger charge is -2.32. The minimum Gasteiger partial charge on any atom is -0.373 e. The molecule has 0 spiro atoms. The third kappa shape index (κ3) is 1.45. The van der Waals surface area contributed by atoms with Crippen LogP contribution in [0.15, 0.2) is 18.2 Å². The molecule has 14 heavy (non-hydrogen) atoms. The van der Waals surface area contributed by atoms with Crippen LogP contribution in [0.1, 0.15) is 29.5 Å². The van der Waals surface area contributed by atoms with Crippen LogP contribution in [0.3, 0.4) is 0 Å². The van der Waals surface area contributed by atoms with Crippen molar-refractivity contribution in [1.82, 2.24) is 0 Å². The highest BCUT2D eigenvalue weighted by Crippen LogP contribution is 2.32. The average molecular weight is 191 g/mol. The zero-order valence-electron chi connectivity index (χ0n) is 8.79. The normalized spacial score (nSPS) is 25.9. The molecular weight excluding hydrogens is 174 g/mol. The second-order valence-corrected chi connectivity index (χ2v) is 4.01. The predicted octanol–water partition coefficient (Wildman–Crippen LogP) is 1.96. The summed E-state index contributed by atoms with van der Waals surface area (Å²) in [7, 11) is 0. The molecule has 0 fully saturated rings. The van der Waals surface area contributed by atoms with Gasteiger partial charge in [0.1, 0.15) is 0 Å². The molecule has 1 aliphatic rings. The van der Waals surface area contributed by atoms with Crippen molar-refractivity contribution in [2.45, 2.75) is 32.5 Å². The van der Waals surface area contributed by atoms with Crippen molar-refractivity contribution < 1.29 is 4.74 Å². The van der Waals surface area contributed by atoms with Gasteiger partial charge in [-0.1, -0.05) is 18.2 Å². The van der Waals surface area contributed by atoms with Crippen LogP contribution in [0, 0.1) is 6.92 Å². The van der Waals surface area contributed by atoms with E-state index in [2.05, 4.69) is 32.0 Å². The van der Waals surface area contributed by atoms with Crippen LogP contribution in [-0.2, 0) is 11.3 Å². The monoisotopic (exact) mass is 191 g/mol. The van der Waals surface area contributed by atoms with Crippen LogP contribution in [-0.4, -0.2) is 12.6 Å². The van der Waals surface area contributed by atoms with Crippen molar-refractivity contribution in [2.24, 2.45) is 5.73 Å². The van der Waals surface area contributed by atoms with E-state index in [1.54, 1.807) is 0 Å². The molecule has 0 amide bonds. The van der Waals surface area contributed by atoms with E-state index < -0.39 is 0 Å². The van der Waals surface area contributed by atoms with Crippen molar-refractivity contribution in [2.75, 3.05) is 6.54 Å². The number of hydrogen-bond acceptors (Lipinski definition) is 2. The first kappa shape index (κ1) is 9.69. The molecular formula is C12H17NO. The Morgan fingerprint density at radius 3 is 3.00 bits per heavy atom. The lowest BCUT2D eigenvalue weighted by molar-refractivity contribution is 0.0217. The molecule has 0 saturated heterocycles. The van der Waals surface area contributed by atoms with Gasteiger partial charge in [0.25, 0.3) is 0 Å². The van der Waals surface area contributed by atoms with Crippen LogP contribution in [0.4, 0.5) is 0 Å². The summed E-state index contributed by atoms with van der Waals surface area (Å²) in [6.45, 7) is 5.65. The number of nitrogens with two attached hydrogens (primary N) is 1. The highest BCUT2D eigenvalue weighted by Gasteiger charge is 2.27. The molecule has 1 aromatic carbocycles. The Labute approximate surface area is 85.1 Å². The van der Waals surface area contributed by atoms with E-state index in [1.165, 1.54) is 16.7 Å². The summed E-state index contributed by atoms with van der Waals surface area (Å²) in [4.78, 5) is 0. The number of hydrogen-bond donors (Lipinski definition) is 1. The minimum atomic E-state index is 0.244. The van der Waals surface area contributed by atoms with Gasteiger partial charge < -0.3 is 10.5 Å². The van der Waals surface area contributed by atoms with Crippen LogP contribution in [0.25, 0.3) is 0 Å². The number of ether oxygens (including phenoxy) is 1. The molecule has 0 bridgehead atoms. The molecule has 1 aliphatic heterocycles. The second-order valence-electron chi connectivity index (χ2n) is 4.01. The van der Waals surface area contributed by atoms with Gasteiger partial charge >= 0.3 is 0 Å². The summed E-state index contributed by atoms with van der Waals surface area (Å²) in [5.41, 5.74) is 9.85. The fourth-order valence-corrected chi connectivity index (χ4v) is 2.28. The molecule has 0 saturated carbocycles. The van der Waals surface area contributed by atoms with Crippen LogP contribution in [0.2, 0.25) is 0 Å². The Kier molecular flexibility index (Phi) is 2.57. The summed E-state index contributed by atoms with van der Waals surface area (Å²) < 4.78 is 5.68. The second kappa shape index (κ2) is 3.71. The predicted molar refractivity (Wildman–Crippen MR) is 57.2 cm³/mol. The molecule has 2 N–H and O–H groups in total. The number of aryl methyl sites for hydroxylation is 1. The minimum absolute atomic E-state index is 0.244. The summed E-state index contributed by atoms with van der Waals surface area (Å²) in [6.07, 6.45) is 0.244. The van der Waals surface area contributed by atoms with Gasteiger partial charge in [0.05, 0.1) is 12.7 Å². The van der Waals surface area contributed by atoms with Gasteiger partial charge in [0.15, 0.2) is 0 Å². The molecule has 76 valence electrons. The lowest BCUT2D eigenvalue weighted by Crippen LogP contribution is -2.31. The third-order valence-electron chi connectivity index (χ3n) is 3.11. The molecule has 0 radical (unpaired) electrons. The number of fused-ring (bicyclic) bond motifs is 1. The van der Waals surface area contributed by atoms with Crippen molar-refractivity contribution in [3.8, 4) is 0 Å². The molecule has 0 aliphatic carbocycles. The Hall–Kier alpha value is -0.860. The van der Waals surface area contributed by atoms with E-state index in [0.717, 1.165) is 6.61 Å². The van der Waals surface area contributed by atoms with Gasteiger partial charge in [-0.25, -0.2) is 0 Å². The molecule has 2 nitrogen and oxygen atoms in total. The van der Waals surface area contributed by atoms with Crippen molar-refractivity contribution >= 4 is 0 Å². The van der Waals surface area contributed by atoms with E-state index in [4.69, 9.17) is 10.5 Å². The largest absolute Gasteiger partial charge is 0.373 e. The maximum atomic E-state index is 5.80. The van der Waals surface area contributed by atoms with Crippen LogP contribution in [0.5, 0.6) is 0 Å². The zero-order chi connectivity index (χ0) is 10.1. The van der Waals surface area contributed by atoms with E-state index in [0.29, 0.717) is 12.5 Å². The van der Waals surface area contributed by atoms with Gasteiger partial charge in [0, 0.05) is 12.5 Å². The summed E-state index contributed by atoms with van der Waals surface area (Å²) in [6, 6.07) is 6.37. The average Bonchev–Trinajstić information content (AvgIpc) is 2.19. The Morgan fingerprint density at radius 2 is 2.29 bits per heavy atom.